The summed E-state index contributed by atoms with van der Waals surface area (Å²) in [6.45, 7) is 9.39. The molecule has 4 heteroatoms. The van der Waals surface area contributed by atoms with Crippen LogP contribution in [0, 0.1) is 0 Å². The Labute approximate surface area is 120 Å². The lowest BCUT2D eigenvalue weighted by Crippen LogP contribution is -2.40. The van der Waals surface area contributed by atoms with Crippen molar-refractivity contribution in [2.24, 2.45) is 0 Å². The zero-order valence-electron chi connectivity index (χ0n) is 12.2. The van der Waals surface area contributed by atoms with E-state index in [1.807, 2.05) is 52.0 Å². The van der Waals surface area contributed by atoms with Crippen LogP contribution in [0.2, 0.25) is 5.02 Å². The van der Waals surface area contributed by atoms with Crippen molar-refractivity contribution in [2.45, 2.75) is 52.3 Å². The highest BCUT2D eigenvalue weighted by atomic mass is 35.5. The van der Waals surface area contributed by atoms with Crippen LogP contribution in [0.3, 0.4) is 0 Å². The number of ether oxygens (including phenoxy) is 1. The minimum Gasteiger partial charge on any atom is -0.459 e. The molecule has 0 radical (unpaired) electrons. The van der Waals surface area contributed by atoms with Gasteiger partial charge >= 0.3 is 5.97 Å². The van der Waals surface area contributed by atoms with E-state index in [0.717, 1.165) is 5.56 Å². The van der Waals surface area contributed by atoms with Crippen molar-refractivity contribution >= 4 is 17.6 Å². The Morgan fingerprint density at radius 2 is 1.74 bits per heavy atom. The maximum absolute atomic E-state index is 11.9. The van der Waals surface area contributed by atoms with Gasteiger partial charge in [-0.25, -0.2) is 0 Å². The number of rotatable bonds is 4. The van der Waals surface area contributed by atoms with E-state index in [0.29, 0.717) is 5.02 Å². The smallest absolute Gasteiger partial charge is 0.323 e. The Morgan fingerprint density at radius 3 is 2.21 bits per heavy atom. The predicted octanol–water partition coefficient (Wildman–Crippen LogP) is 3.72. The molecule has 0 saturated carbocycles. The van der Waals surface area contributed by atoms with Gasteiger partial charge < -0.3 is 4.74 Å². The highest BCUT2D eigenvalue weighted by Crippen LogP contribution is 2.17. The molecule has 0 aromatic heterocycles. The van der Waals surface area contributed by atoms with Crippen molar-refractivity contribution in [3.8, 4) is 0 Å². The molecule has 106 valence electrons. The summed E-state index contributed by atoms with van der Waals surface area (Å²) in [6.07, 6.45) is 0. The monoisotopic (exact) mass is 283 g/mol. The quantitative estimate of drug-likeness (QED) is 0.856. The molecule has 1 rings (SSSR count). The minimum absolute atomic E-state index is 0.0554. The molecule has 0 aliphatic heterocycles. The van der Waals surface area contributed by atoms with Crippen LogP contribution in [0.15, 0.2) is 24.3 Å². The number of carbonyl (C=O) groups is 1. The summed E-state index contributed by atoms with van der Waals surface area (Å²) >= 11 is 5.85. The zero-order chi connectivity index (χ0) is 14.6. The average molecular weight is 284 g/mol. The van der Waals surface area contributed by atoms with Gasteiger partial charge in [-0.15, -0.1) is 0 Å². The normalized spacial score (nSPS) is 14.8. The van der Waals surface area contributed by atoms with Gasteiger partial charge in [-0.2, -0.15) is 0 Å². The Morgan fingerprint density at radius 1 is 1.21 bits per heavy atom. The van der Waals surface area contributed by atoms with Gasteiger partial charge in [-0.1, -0.05) is 23.7 Å². The summed E-state index contributed by atoms with van der Waals surface area (Å²) in [4.78, 5) is 11.9. The van der Waals surface area contributed by atoms with Crippen LogP contribution in [0.4, 0.5) is 0 Å². The van der Waals surface area contributed by atoms with E-state index in [1.165, 1.54) is 0 Å². The molecule has 0 heterocycles. The lowest BCUT2D eigenvalue weighted by atomic mass is 10.1. The lowest BCUT2D eigenvalue weighted by molar-refractivity contribution is -0.157. The Kier molecular flexibility index (Phi) is 5.39. The van der Waals surface area contributed by atoms with Gasteiger partial charge in [0.2, 0.25) is 0 Å². The first kappa shape index (κ1) is 16.0. The molecule has 3 nitrogen and oxygen atoms in total. The molecule has 0 fully saturated rings. The van der Waals surface area contributed by atoms with Crippen molar-refractivity contribution in [1.82, 2.24) is 5.32 Å². The fraction of sp³-hybridized carbons (Fsp3) is 0.533. The van der Waals surface area contributed by atoms with Gasteiger partial charge in [0.1, 0.15) is 11.6 Å². The topological polar surface area (TPSA) is 38.3 Å². The van der Waals surface area contributed by atoms with Crippen LogP contribution in [0.5, 0.6) is 0 Å². The molecule has 1 N–H and O–H groups in total. The third kappa shape index (κ3) is 5.62. The summed E-state index contributed by atoms with van der Waals surface area (Å²) in [5, 5.41) is 3.93. The Bertz CT molecular complexity index is 423. The van der Waals surface area contributed by atoms with E-state index < -0.39 is 5.60 Å². The van der Waals surface area contributed by atoms with Crippen LogP contribution >= 0.6 is 11.6 Å². The maximum atomic E-state index is 11.9. The first-order chi connectivity index (χ1) is 8.69. The molecule has 0 bridgehead atoms. The van der Waals surface area contributed by atoms with E-state index >= 15 is 0 Å². The number of nitrogens with one attached hydrogen (secondary N) is 1. The van der Waals surface area contributed by atoms with Gasteiger partial charge in [0.05, 0.1) is 0 Å². The van der Waals surface area contributed by atoms with Gasteiger partial charge in [-0.3, -0.25) is 10.1 Å². The molecule has 0 amide bonds. The molecule has 0 aliphatic rings. The average Bonchev–Trinajstić information content (AvgIpc) is 2.27. The van der Waals surface area contributed by atoms with Crippen molar-refractivity contribution in [1.29, 1.82) is 0 Å². The number of hydrogen-bond acceptors (Lipinski definition) is 3. The molecule has 1 unspecified atom stereocenters. The molecular formula is C15H22ClNO2. The van der Waals surface area contributed by atoms with Gasteiger partial charge in [0, 0.05) is 11.1 Å². The number of benzene rings is 1. The van der Waals surface area contributed by atoms with Crippen LogP contribution in [-0.2, 0) is 9.53 Å². The Balaban J connectivity index is 2.59. The van der Waals surface area contributed by atoms with E-state index in [-0.39, 0.29) is 18.1 Å². The molecule has 0 aliphatic carbocycles. The molecule has 0 spiro atoms. The first-order valence-corrected chi connectivity index (χ1v) is 6.81. The van der Waals surface area contributed by atoms with Crippen molar-refractivity contribution in [3.05, 3.63) is 34.9 Å². The van der Waals surface area contributed by atoms with Crippen LogP contribution in [0.25, 0.3) is 0 Å². The van der Waals surface area contributed by atoms with Crippen molar-refractivity contribution < 1.29 is 9.53 Å². The van der Waals surface area contributed by atoms with Crippen LogP contribution in [0.1, 0.15) is 46.2 Å². The van der Waals surface area contributed by atoms with Gasteiger partial charge in [-0.05, 0) is 52.3 Å². The van der Waals surface area contributed by atoms with E-state index in [1.54, 1.807) is 6.92 Å². The van der Waals surface area contributed by atoms with E-state index in [4.69, 9.17) is 16.3 Å². The first-order valence-electron chi connectivity index (χ1n) is 6.43. The Hall–Kier alpha value is -1.06. The molecule has 19 heavy (non-hydrogen) atoms. The summed E-state index contributed by atoms with van der Waals surface area (Å²) in [5.74, 6) is -0.242. The van der Waals surface area contributed by atoms with E-state index in [9.17, 15) is 4.79 Å². The molecule has 1 aromatic rings. The minimum atomic E-state index is -0.462. The van der Waals surface area contributed by atoms with Crippen LogP contribution in [-0.4, -0.2) is 17.6 Å². The number of hydrogen-bond donors (Lipinski definition) is 1. The molecule has 0 saturated heterocycles. The number of carbonyl (C=O) groups excluding carboxylic acids is 1. The van der Waals surface area contributed by atoms with Crippen molar-refractivity contribution in [3.63, 3.8) is 0 Å². The SMILES string of the molecule is CC(N[C@H](C)c1ccc(Cl)cc1)C(=O)OC(C)(C)C. The number of esters is 1. The maximum Gasteiger partial charge on any atom is 0.323 e. The third-order valence-electron chi connectivity index (χ3n) is 2.63. The fourth-order valence-corrected chi connectivity index (χ4v) is 1.81. The molecular weight excluding hydrogens is 262 g/mol. The summed E-state index contributed by atoms with van der Waals surface area (Å²) in [5.41, 5.74) is 0.621. The largest absolute Gasteiger partial charge is 0.459 e. The summed E-state index contributed by atoms with van der Waals surface area (Å²) < 4.78 is 5.33. The second-order valence-electron chi connectivity index (χ2n) is 5.70. The van der Waals surface area contributed by atoms with Gasteiger partial charge in [0.15, 0.2) is 0 Å². The lowest BCUT2D eigenvalue weighted by Gasteiger charge is -2.24. The van der Waals surface area contributed by atoms with Crippen LogP contribution < -0.4 is 5.32 Å². The highest BCUT2D eigenvalue weighted by molar-refractivity contribution is 6.30. The zero-order valence-corrected chi connectivity index (χ0v) is 12.9. The predicted molar refractivity (Wildman–Crippen MR) is 78.3 cm³/mol. The third-order valence-corrected chi connectivity index (χ3v) is 2.88. The fourth-order valence-electron chi connectivity index (χ4n) is 1.68. The second-order valence-corrected chi connectivity index (χ2v) is 6.13. The molecule has 2 atom stereocenters. The second kappa shape index (κ2) is 6.40. The standard InChI is InChI=1S/C15H22ClNO2/c1-10(12-6-8-13(16)9-7-12)17-11(2)14(18)19-15(3,4)5/h6-11,17H,1-5H3/t10-,11?/m1/s1. The van der Waals surface area contributed by atoms with E-state index in [2.05, 4.69) is 5.32 Å². The van der Waals surface area contributed by atoms with Crippen molar-refractivity contribution in [2.75, 3.05) is 0 Å². The van der Waals surface area contributed by atoms with Gasteiger partial charge in [0.25, 0.3) is 0 Å². The number of halogens is 1. The summed E-state index contributed by atoms with van der Waals surface area (Å²) in [6, 6.07) is 7.27. The highest BCUT2D eigenvalue weighted by Gasteiger charge is 2.22. The molecule has 1 aromatic carbocycles. The summed E-state index contributed by atoms with van der Waals surface area (Å²) in [7, 11) is 0.